The number of benzene rings is 1. The van der Waals surface area contributed by atoms with Gasteiger partial charge in [-0.05, 0) is 37.3 Å². The van der Waals surface area contributed by atoms with Crippen LogP contribution in [0.2, 0.25) is 0 Å². The second-order valence-corrected chi connectivity index (χ2v) is 4.21. The maximum atomic E-state index is 13.1. The normalized spacial score (nSPS) is 15.5. The van der Waals surface area contributed by atoms with Gasteiger partial charge in [0.25, 0.3) is 0 Å². The highest BCUT2D eigenvalue weighted by Crippen LogP contribution is 2.35. The highest BCUT2D eigenvalue weighted by molar-refractivity contribution is 9.10. The third-order valence-electron chi connectivity index (χ3n) is 2.52. The molecule has 0 spiro atoms. The first-order valence-electron chi connectivity index (χ1n) is 4.39. The lowest BCUT2D eigenvalue weighted by Gasteiger charge is -2.18. The average molecular weight is 245 g/mol. The van der Waals surface area contributed by atoms with Gasteiger partial charge in [-0.25, -0.2) is 4.39 Å². The van der Waals surface area contributed by atoms with E-state index in [1.54, 1.807) is 0 Å². The summed E-state index contributed by atoms with van der Waals surface area (Å²) in [4.78, 5) is 0. The number of phenols is 1. The van der Waals surface area contributed by atoms with Crippen molar-refractivity contribution in [2.45, 2.75) is 25.7 Å². The molecule has 1 aliphatic carbocycles. The maximum absolute atomic E-state index is 13.1. The Hall–Kier alpha value is -0.570. The molecule has 1 nitrogen and oxygen atoms in total. The number of rotatable bonds is 0. The van der Waals surface area contributed by atoms with Crippen LogP contribution in [0.4, 0.5) is 4.39 Å². The molecule has 0 bridgehead atoms. The summed E-state index contributed by atoms with van der Waals surface area (Å²) in [6.07, 6.45) is 3.88. The molecular weight excluding hydrogens is 235 g/mol. The first-order chi connectivity index (χ1) is 6.20. The number of phenolic OH excluding ortho intramolecular Hbond substituents is 1. The van der Waals surface area contributed by atoms with Gasteiger partial charge in [-0.2, -0.15) is 0 Å². The average Bonchev–Trinajstić information content (AvgIpc) is 2.15. The van der Waals surface area contributed by atoms with Gasteiger partial charge in [0.05, 0.1) is 0 Å². The zero-order chi connectivity index (χ0) is 9.42. The Morgan fingerprint density at radius 3 is 2.54 bits per heavy atom. The molecule has 0 heterocycles. The predicted octanol–water partition coefficient (Wildman–Crippen LogP) is 3.17. The van der Waals surface area contributed by atoms with Gasteiger partial charge in [0.15, 0.2) is 11.6 Å². The molecule has 0 amide bonds. The lowest BCUT2D eigenvalue weighted by atomic mass is 9.91. The van der Waals surface area contributed by atoms with Crippen molar-refractivity contribution in [1.29, 1.82) is 0 Å². The Bertz CT molecular complexity index is 349. The number of hydrogen-bond donors (Lipinski definition) is 1. The zero-order valence-electron chi connectivity index (χ0n) is 7.11. The van der Waals surface area contributed by atoms with Crippen molar-refractivity contribution in [3.63, 3.8) is 0 Å². The second kappa shape index (κ2) is 3.29. The minimum Gasteiger partial charge on any atom is -0.505 e. The lowest BCUT2D eigenvalue weighted by Crippen LogP contribution is -2.04. The van der Waals surface area contributed by atoms with E-state index in [2.05, 4.69) is 15.9 Å². The standard InChI is InChI=1S/C10H10BrFO/c11-8-5-9(12)10(13)7-4-2-1-3-6(7)8/h5,13H,1-4H2. The predicted molar refractivity (Wildman–Crippen MR) is 52.4 cm³/mol. The van der Waals surface area contributed by atoms with Crippen molar-refractivity contribution in [2.24, 2.45) is 0 Å². The molecule has 1 aromatic carbocycles. The van der Waals surface area contributed by atoms with Crippen molar-refractivity contribution in [2.75, 3.05) is 0 Å². The van der Waals surface area contributed by atoms with Gasteiger partial charge >= 0.3 is 0 Å². The van der Waals surface area contributed by atoms with E-state index in [1.807, 2.05) is 0 Å². The SMILES string of the molecule is Oc1c(F)cc(Br)c2c1CCCC2. The lowest BCUT2D eigenvalue weighted by molar-refractivity contribution is 0.420. The second-order valence-electron chi connectivity index (χ2n) is 3.35. The van der Waals surface area contributed by atoms with Gasteiger partial charge in [-0.15, -0.1) is 0 Å². The summed E-state index contributed by atoms with van der Waals surface area (Å²) in [5.41, 5.74) is 1.86. The highest BCUT2D eigenvalue weighted by Gasteiger charge is 2.18. The van der Waals surface area contributed by atoms with E-state index in [0.717, 1.165) is 41.3 Å². The molecule has 0 fully saturated rings. The largest absolute Gasteiger partial charge is 0.505 e. The third kappa shape index (κ3) is 1.46. The molecule has 2 rings (SSSR count). The molecule has 0 unspecified atom stereocenters. The molecule has 0 aromatic heterocycles. The molecule has 0 saturated carbocycles. The molecule has 1 aromatic rings. The number of aromatic hydroxyl groups is 1. The van der Waals surface area contributed by atoms with E-state index < -0.39 is 5.82 Å². The molecule has 0 saturated heterocycles. The summed E-state index contributed by atoms with van der Waals surface area (Å²) < 4.78 is 13.9. The first-order valence-corrected chi connectivity index (χ1v) is 5.18. The van der Waals surface area contributed by atoms with Gasteiger partial charge in [0.2, 0.25) is 0 Å². The fourth-order valence-corrected chi connectivity index (χ4v) is 2.48. The van der Waals surface area contributed by atoms with Crippen LogP contribution < -0.4 is 0 Å². The van der Waals surface area contributed by atoms with Crippen molar-refractivity contribution < 1.29 is 9.50 Å². The first kappa shape index (κ1) is 9.00. The van der Waals surface area contributed by atoms with Crippen LogP contribution in [0.1, 0.15) is 24.0 Å². The molecule has 0 atom stereocenters. The van der Waals surface area contributed by atoms with Gasteiger partial charge in [-0.1, -0.05) is 15.9 Å². The topological polar surface area (TPSA) is 20.2 Å². The van der Waals surface area contributed by atoms with Gasteiger partial charge in [0, 0.05) is 10.0 Å². The molecule has 1 N–H and O–H groups in total. The fraction of sp³-hybridized carbons (Fsp3) is 0.400. The Balaban J connectivity index is 2.63. The number of hydrogen-bond acceptors (Lipinski definition) is 1. The van der Waals surface area contributed by atoms with Crippen molar-refractivity contribution in [1.82, 2.24) is 0 Å². The van der Waals surface area contributed by atoms with Crippen LogP contribution in [0.15, 0.2) is 10.5 Å². The van der Waals surface area contributed by atoms with Crippen LogP contribution in [0.3, 0.4) is 0 Å². The Morgan fingerprint density at radius 2 is 1.85 bits per heavy atom. The number of fused-ring (bicyclic) bond motifs is 1. The highest BCUT2D eigenvalue weighted by atomic mass is 79.9. The molecule has 70 valence electrons. The number of halogens is 2. The van der Waals surface area contributed by atoms with Crippen LogP contribution in [-0.4, -0.2) is 5.11 Å². The molecule has 0 radical (unpaired) electrons. The third-order valence-corrected chi connectivity index (χ3v) is 3.23. The Morgan fingerprint density at radius 1 is 1.23 bits per heavy atom. The summed E-state index contributed by atoms with van der Waals surface area (Å²) in [6.45, 7) is 0. The molecular formula is C10H10BrFO. The van der Waals surface area contributed by atoms with Crippen LogP contribution in [0, 0.1) is 5.82 Å². The minimum absolute atomic E-state index is 0.155. The van der Waals surface area contributed by atoms with Crippen LogP contribution in [-0.2, 0) is 12.8 Å². The Labute approximate surface area is 84.7 Å². The minimum atomic E-state index is -0.521. The van der Waals surface area contributed by atoms with Crippen molar-refractivity contribution in [3.05, 3.63) is 27.5 Å². The van der Waals surface area contributed by atoms with Crippen LogP contribution in [0.25, 0.3) is 0 Å². The zero-order valence-corrected chi connectivity index (χ0v) is 8.69. The van der Waals surface area contributed by atoms with Crippen molar-refractivity contribution >= 4 is 15.9 Å². The summed E-state index contributed by atoms with van der Waals surface area (Å²) in [7, 11) is 0. The van der Waals surface area contributed by atoms with Crippen molar-refractivity contribution in [3.8, 4) is 5.75 Å². The van der Waals surface area contributed by atoms with Gasteiger partial charge in [0.1, 0.15) is 0 Å². The molecule has 0 aliphatic heterocycles. The molecule has 3 heteroatoms. The fourth-order valence-electron chi connectivity index (χ4n) is 1.84. The summed E-state index contributed by atoms with van der Waals surface area (Å²) in [6, 6.07) is 1.35. The van der Waals surface area contributed by atoms with E-state index in [1.165, 1.54) is 6.07 Å². The summed E-state index contributed by atoms with van der Waals surface area (Å²) >= 11 is 3.32. The monoisotopic (exact) mass is 244 g/mol. The molecule has 13 heavy (non-hydrogen) atoms. The quantitative estimate of drug-likeness (QED) is 0.744. The molecule has 1 aliphatic rings. The van der Waals surface area contributed by atoms with E-state index >= 15 is 0 Å². The summed E-state index contributed by atoms with van der Waals surface area (Å²) in [5.74, 6) is -0.676. The van der Waals surface area contributed by atoms with Gasteiger partial charge in [-0.3, -0.25) is 0 Å². The van der Waals surface area contributed by atoms with Crippen LogP contribution in [0.5, 0.6) is 5.75 Å². The van der Waals surface area contributed by atoms with E-state index in [-0.39, 0.29) is 5.75 Å². The summed E-state index contributed by atoms with van der Waals surface area (Å²) in [5, 5.41) is 9.47. The van der Waals surface area contributed by atoms with E-state index in [4.69, 9.17) is 0 Å². The Kier molecular flexibility index (Phi) is 2.28. The van der Waals surface area contributed by atoms with E-state index in [0.29, 0.717) is 0 Å². The smallest absolute Gasteiger partial charge is 0.166 e. The van der Waals surface area contributed by atoms with E-state index in [9.17, 15) is 9.50 Å². The maximum Gasteiger partial charge on any atom is 0.166 e. The van der Waals surface area contributed by atoms with Gasteiger partial charge < -0.3 is 5.11 Å². The van der Waals surface area contributed by atoms with Crippen LogP contribution >= 0.6 is 15.9 Å².